The summed E-state index contributed by atoms with van der Waals surface area (Å²) in [5.41, 5.74) is 0.131. The van der Waals surface area contributed by atoms with Crippen LogP contribution in [0.2, 0.25) is 0 Å². The molecule has 1 N–H and O–H groups in total. The second-order valence-electron chi connectivity index (χ2n) is 8.88. The van der Waals surface area contributed by atoms with Crippen molar-refractivity contribution < 1.29 is 24.2 Å². The van der Waals surface area contributed by atoms with E-state index in [0.29, 0.717) is 29.5 Å². The Morgan fingerprint density at radius 3 is 2.06 bits per heavy atom. The van der Waals surface area contributed by atoms with Crippen molar-refractivity contribution in [2.45, 2.75) is 37.1 Å². The van der Waals surface area contributed by atoms with Gasteiger partial charge in [-0.05, 0) is 31.6 Å². The van der Waals surface area contributed by atoms with Gasteiger partial charge < -0.3 is 14.6 Å². The highest BCUT2D eigenvalue weighted by atomic mass is 16.7. The summed E-state index contributed by atoms with van der Waals surface area (Å²) in [6.45, 7) is 0.172. The van der Waals surface area contributed by atoms with Crippen molar-refractivity contribution in [2.24, 2.45) is 5.92 Å². The maximum atomic E-state index is 13.6. The van der Waals surface area contributed by atoms with E-state index in [4.69, 9.17) is 9.47 Å². The number of hydrogen-bond acceptors (Lipinski definition) is 5. The van der Waals surface area contributed by atoms with Crippen LogP contribution in [-0.4, -0.2) is 36.0 Å². The molecule has 0 heterocycles. The van der Waals surface area contributed by atoms with Crippen molar-refractivity contribution in [3.8, 4) is 0 Å². The lowest BCUT2D eigenvalue weighted by Crippen LogP contribution is -2.46. The van der Waals surface area contributed by atoms with Gasteiger partial charge >= 0.3 is 0 Å². The molecule has 5 heteroatoms. The molecule has 1 aliphatic carbocycles. The third kappa shape index (κ3) is 4.87. The zero-order chi connectivity index (χ0) is 24.0. The summed E-state index contributed by atoms with van der Waals surface area (Å²) in [5.74, 6) is -2.29. The second kappa shape index (κ2) is 10.4. The van der Waals surface area contributed by atoms with Gasteiger partial charge in [-0.3, -0.25) is 9.59 Å². The van der Waals surface area contributed by atoms with E-state index in [1.54, 1.807) is 60.7 Å². The number of ether oxygens (including phenoxy) is 2. The molecule has 0 radical (unpaired) electrons. The fraction of sp³-hybridized carbons (Fsp3) is 0.310. The Bertz CT molecular complexity index is 1100. The average Bonchev–Trinajstić information content (AvgIpc) is 2.90. The molecule has 0 aliphatic heterocycles. The van der Waals surface area contributed by atoms with Crippen LogP contribution in [0.15, 0.2) is 91.0 Å². The Morgan fingerprint density at radius 1 is 0.912 bits per heavy atom. The lowest BCUT2D eigenvalue weighted by molar-refractivity contribution is -0.204. The number of methoxy groups -OCH3 is 1. The van der Waals surface area contributed by atoms with E-state index in [0.717, 1.165) is 6.42 Å². The third-order valence-electron chi connectivity index (χ3n) is 6.59. The minimum Gasteiger partial charge on any atom is -0.382 e. The summed E-state index contributed by atoms with van der Waals surface area (Å²) in [4.78, 5) is 26.7. The van der Waals surface area contributed by atoms with Crippen LogP contribution in [0.1, 0.15) is 52.0 Å². The SMILES string of the molecule is COC(OCC1CCCC(O)(C(=O)c2ccccc2)C1)(C(=O)c1ccccc1)c1ccccc1. The van der Waals surface area contributed by atoms with Crippen LogP contribution in [0.25, 0.3) is 0 Å². The van der Waals surface area contributed by atoms with E-state index in [2.05, 4.69) is 0 Å². The first kappa shape index (κ1) is 24.0. The van der Waals surface area contributed by atoms with Crippen LogP contribution in [0.3, 0.4) is 0 Å². The van der Waals surface area contributed by atoms with E-state index >= 15 is 0 Å². The van der Waals surface area contributed by atoms with Crippen LogP contribution < -0.4 is 0 Å². The molecule has 3 aromatic rings. The van der Waals surface area contributed by atoms with Gasteiger partial charge in [-0.1, -0.05) is 91.0 Å². The van der Waals surface area contributed by atoms with Crippen LogP contribution in [0.4, 0.5) is 0 Å². The normalized spacial score (nSPS) is 22.0. The minimum atomic E-state index is -1.62. The topological polar surface area (TPSA) is 72.8 Å². The molecule has 0 amide bonds. The molecule has 3 atom stereocenters. The molecule has 1 aliphatic rings. The maximum Gasteiger partial charge on any atom is 0.261 e. The molecular weight excluding hydrogens is 428 g/mol. The molecule has 0 spiro atoms. The second-order valence-corrected chi connectivity index (χ2v) is 8.88. The first-order valence-electron chi connectivity index (χ1n) is 11.7. The van der Waals surface area contributed by atoms with Gasteiger partial charge in [0.1, 0.15) is 5.60 Å². The van der Waals surface area contributed by atoms with Gasteiger partial charge in [0.2, 0.25) is 5.78 Å². The number of aliphatic hydroxyl groups is 1. The molecule has 34 heavy (non-hydrogen) atoms. The van der Waals surface area contributed by atoms with Gasteiger partial charge in [0.25, 0.3) is 5.79 Å². The molecule has 1 fully saturated rings. The number of rotatable bonds is 9. The molecule has 0 saturated heterocycles. The van der Waals surface area contributed by atoms with E-state index in [-0.39, 0.29) is 30.5 Å². The molecule has 4 rings (SSSR count). The van der Waals surface area contributed by atoms with Crippen LogP contribution >= 0.6 is 0 Å². The highest BCUT2D eigenvalue weighted by molar-refractivity contribution is 6.02. The lowest BCUT2D eigenvalue weighted by atomic mass is 9.74. The smallest absolute Gasteiger partial charge is 0.261 e. The molecular formula is C29H30O5. The standard InChI is InChI=1S/C29H30O5/c1-33-29(25-17-9-4-10-18-25,27(31)24-15-7-3-8-16-24)34-21-22-12-11-19-28(32,20-22)26(30)23-13-5-2-6-14-23/h2-10,13-18,22,32H,11-12,19-21H2,1H3. The Balaban J connectivity index is 1.57. The number of benzene rings is 3. The summed E-state index contributed by atoms with van der Waals surface area (Å²) in [5, 5.41) is 11.3. The van der Waals surface area contributed by atoms with Crippen LogP contribution in [0, 0.1) is 5.92 Å². The zero-order valence-electron chi connectivity index (χ0n) is 19.4. The highest BCUT2D eigenvalue weighted by Crippen LogP contribution is 2.38. The quantitative estimate of drug-likeness (QED) is 0.353. The largest absolute Gasteiger partial charge is 0.382 e. The molecule has 176 valence electrons. The minimum absolute atomic E-state index is 0.103. The van der Waals surface area contributed by atoms with Crippen molar-refractivity contribution >= 4 is 11.6 Å². The molecule has 1 saturated carbocycles. The van der Waals surface area contributed by atoms with E-state index in [9.17, 15) is 14.7 Å². The van der Waals surface area contributed by atoms with Crippen LogP contribution in [-0.2, 0) is 15.3 Å². The van der Waals surface area contributed by atoms with E-state index < -0.39 is 11.4 Å². The first-order valence-corrected chi connectivity index (χ1v) is 11.7. The molecule has 3 unspecified atom stereocenters. The number of ketones is 2. The Labute approximate surface area is 200 Å². The van der Waals surface area contributed by atoms with Gasteiger partial charge in [-0.15, -0.1) is 0 Å². The summed E-state index contributed by atoms with van der Waals surface area (Å²) >= 11 is 0. The third-order valence-corrected chi connectivity index (χ3v) is 6.59. The van der Waals surface area contributed by atoms with E-state index in [1.165, 1.54) is 7.11 Å². The Morgan fingerprint density at radius 2 is 1.47 bits per heavy atom. The average molecular weight is 459 g/mol. The number of hydrogen-bond donors (Lipinski definition) is 1. The van der Waals surface area contributed by atoms with Crippen molar-refractivity contribution in [1.29, 1.82) is 0 Å². The fourth-order valence-corrected chi connectivity index (χ4v) is 4.79. The summed E-state index contributed by atoms with van der Waals surface area (Å²) in [7, 11) is 1.46. The van der Waals surface area contributed by atoms with Crippen molar-refractivity contribution in [3.63, 3.8) is 0 Å². The van der Waals surface area contributed by atoms with Crippen LogP contribution in [0.5, 0.6) is 0 Å². The van der Waals surface area contributed by atoms with Crippen molar-refractivity contribution in [2.75, 3.05) is 13.7 Å². The van der Waals surface area contributed by atoms with Gasteiger partial charge in [0.05, 0.1) is 6.61 Å². The lowest BCUT2D eigenvalue weighted by Gasteiger charge is -2.38. The predicted molar refractivity (Wildman–Crippen MR) is 130 cm³/mol. The summed E-state index contributed by atoms with van der Waals surface area (Å²) in [6, 6.07) is 27.0. The van der Waals surface area contributed by atoms with Crippen molar-refractivity contribution in [1.82, 2.24) is 0 Å². The Hall–Kier alpha value is -3.12. The molecule has 3 aromatic carbocycles. The van der Waals surface area contributed by atoms with Gasteiger partial charge in [0.15, 0.2) is 5.78 Å². The maximum absolute atomic E-state index is 13.6. The molecule has 5 nitrogen and oxygen atoms in total. The van der Waals surface area contributed by atoms with Gasteiger partial charge in [-0.2, -0.15) is 0 Å². The fourth-order valence-electron chi connectivity index (χ4n) is 4.79. The highest BCUT2D eigenvalue weighted by Gasteiger charge is 2.45. The molecule has 0 bridgehead atoms. The Kier molecular flexibility index (Phi) is 7.37. The summed E-state index contributed by atoms with van der Waals surface area (Å²) in [6.07, 6.45) is 2.17. The van der Waals surface area contributed by atoms with Gasteiger partial charge in [0, 0.05) is 23.8 Å². The first-order chi connectivity index (χ1) is 16.5. The molecule has 0 aromatic heterocycles. The predicted octanol–water partition coefficient (Wildman–Crippen LogP) is 5.19. The number of carbonyl (C=O) groups excluding carboxylic acids is 2. The summed E-state index contributed by atoms with van der Waals surface area (Å²) < 4.78 is 12.1. The van der Waals surface area contributed by atoms with Crippen molar-refractivity contribution in [3.05, 3.63) is 108 Å². The van der Waals surface area contributed by atoms with E-state index in [1.807, 2.05) is 30.3 Å². The zero-order valence-corrected chi connectivity index (χ0v) is 19.4. The monoisotopic (exact) mass is 458 g/mol. The number of Topliss-reactive ketones (excluding diaryl/α,β-unsaturated/α-hetero) is 2. The number of carbonyl (C=O) groups is 2. The van der Waals surface area contributed by atoms with Gasteiger partial charge in [-0.25, -0.2) is 0 Å².